The molecule has 0 radical (unpaired) electrons. The number of aromatic amines is 1. The first-order chi connectivity index (χ1) is 16.3. The average molecular weight is 462 g/mol. The molecule has 4 N–H and O–H groups in total. The number of hydrogen-bond acceptors (Lipinski definition) is 6. The van der Waals surface area contributed by atoms with Gasteiger partial charge in [0.05, 0.1) is 22.9 Å². The minimum atomic E-state index is -0.223. The second kappa shape index (κ2) is 10.4. The number of benzene rings is 1. The molecule has 1 fully saturated rings. The molecule has 3 heterocycles. The third-order valence-corrected chi connectivity index (χ3v) is 7.03. The highest BCUT2D eigenvalue weighted by atomic mass is 16.1. The fourth-order valence-corrected chi connectivity index (χ4v) is 5.37. The van der Waals surface area contributed by atoms with Gasteiger partial charge >= 0.3 is 0 Å². The second-order valence-electron chi connectivity index (χ2n) is 9.63. The van der Waals surface area contributed by atoms with Crippen LogP contribution in [0.5, 0.6) is 0 Å². The Hall–Kier alpha value is -3.13. The first kappa shape index (κ1) is 24.0. The zero-order valence-electron chi connectivity index (χ0n) is 20.3. The smallest absolute Gasteiger partial charge is 0.270 e. The first-order valence-electron chi connectivity index (χ1n) is 12.3. The SMILES string of the molecule is CC(CCCc1cccc2nc(Cc3cncc(C(=N)N)n3)c(=O)[nH]c12)N1C(C)CCCC1C. The molecule has 1 aliphatic heterocycles. The lowest BCUT2D eigenvalue weighted by atomic mass is 9.93. The van der Waals surface area contributed by atoms with E-state index in [9.17, 15) is 4.79 Å². The Morgan fingerprint density at radius 3 is 2.74 bits per heavy atom. The van der Waals surface area contributed by atoms with Crippen molar-refractivity contribution in [1.29, 1.82) is 5.41 Å². The Morgan fingerprint density at radius 1 is 1.24 bits per heavy atom. The molecule has 0 aliphatic carbocycles. The quantitative estimate of drug-likeness (QED) is 0.348. The van der Waals surface area contributed by atoms with Crippen molar-refractivity contribution < 1.29 is 0 Å². The summed E-state index contributed by atoms with van der Waals surface area (Å²) in [4.78, 5) is 31.6. The zero-order chi connectivity index (χ0) is 24.2. The highest BCUT2D eigenvalue weighted by Gasteiger charge is 2.28. The lowest BCUT2D eigenvalue weighted by Gasteiger charge is -2.43. The third-order valence-electron chi connectivity index (χ3n) is 7.03. The topological polar surface area (TPSA) is 125 Å². The van der Waals surface area contributed by atoms with E-state index in [1.165, 1.54) is 25.5 Å². The summed E-state index contributed by atoms with van der Waals surface area (Å²) in [5, 5.41) is 7.53. The van der Waals surface area contributed by atoms with Crippen LogP contribution in [0.3, 0.4) is 0 Å². The number of piperidine rings is 1. The Bertz CT molecular complexity index is 1210. The molecular formula is C26H35N7O. The lowest BCUT2D eigenvalue weighted by molar-refractivity contribution is 0.0580. The summed E-state index contributed by atoms with van der Waals surface area (Å²) in [6.07, 6.45) is 10.2. The number of nitrogens with two attached hydrogens (primary N) is 1. The molecule has 0 amide bonds. The fourth-order valence-electron chi connectivity index (χ4n) is 5.37. The molecule has 0 saturated carbocycles. The number of aryl methyl sites for hydroxylation is 1. The summed E-state index contributed by atoms with van der Waals surface area (Å²) >= 11 is 0. The van der Waals surface area contributed by atoms with E-state index >= 15 is 0 Å². The fraction of sp³-hybridized carbons (Fsp3) is 0.500. The number of H-pyrrole nitrogens is 1. The number of hydrogen-bond donors (Lipinski definition) is 3. The molecule has 4 rings (SSSR count). The van der Waals surface area contributed by atoms with Gasteiger partial charge in [-0.3, -0.25) is 20.1 Å². The first-order valence-corrected chi connectivity index (χ1v) is 12.3. The van der Waals surface area contributed by atoms with Crippen LogP contribution < -0.4 is 11.3 Å². The maximum Gasteiger partial charge on any atom is 0.270 e. The van der Waals surface area contributed by atoms with Crippen molar-refractivity contribution in [2.45, 2.75) is 83.8 Å². The van der Waals surface area contributed by atoms with Gasteiger partial charge in [0.25, 0.3) is 5.56 Å². The van der Waals surface area contributed by atoms with Gasteiger partial charge in [0.2, 0.25) is 0 Å². The van der Waals surface area contributed by atoms with E-state index in [0.29, 0.717) is 35.2 Å². The standard InChI is InChI=1S/C26H35N7O/c1-16-7-4-8-17(2)33(16)18(3)9-5-10-19-11-6-12-21-24(19)32-26(34)22(31-21)13-20-14-29-15-23(30-20)25(27)28/h6,11-12,14-18H,4-5,7-10,13H2,1-3H3,(H3,27,28)(H,32,34). The summed E-state index contributed by atoms with van der Waals surface area (Å²) in [5.41, 5.74) is 9.21. The Morgan fingerprint density at radius 2 is 2.00 bits per heavy atom. The predicted octanol–water partition coefficient (Wildman–Crippen LogP) is 3.56. The molecule has 3 aromatic rings. The van der Waals surface area contributed by atoms with Crippen molar-refractivity contribution in [1.82, 2.24) is 24.8 Å². The van der Waals surface area contributed by atoms with Crippen molar-refractivity contribution in [3.63, 3.8) is 0 Å². The molecule has 0 spiro atoms. The largest absolute Gasteiger partial charge is 0.382 e. The van der Waals surface area contributed by atoms with Gasteiger partial charge in [-0.25, -0.2) is 9.97 Å². The molecular weight excluding hydrogens is 426 g/mol. The Balaban J connectivity index is 1.47. The van der Waals surface area contributed by atoms with Crippen molar-refractivity contribution in [2.75, 3.05) is 0 Å². The molecule has 1 saturated heterocycles. The van der Waals surface area contributed by atoms with Crippen LogP contribution in [0.25, 0.3) is 11.0 Å². The van der Waals surface area contributed by atoms with E-state index in [4.69, 9.17) is 11.1 Å². The number of fused-ring (bicyclic) bond motifs is 1. The minimum absolute atomic E-state index is 0.155. The van der Waals surface area contributed by atoms with Gasteiger partial charge in [-0.1, -0.05) is 18.6 Å². The van der Waals surface area contributed by atoms with E-state index in [0.717, 1.165) is 35.9 Å². The summed E-state index contributed by atoms with van der Waals surface area (Å²) in [6, 6.07) is 7.86. The third kappa shape index (κ3) is 5.33. The van der Waals surface area contributed by atoms with Gasteiger partial charge in [-0.15, -0.1) is 0 Å². The van der Waals surface area contributed by atoms with Crippen molar-refractivity contribution >= 4 is 16.9 Å². The molecule has 1 aliphatic rings. The van der Waals surface area contributed by atoms with Crippen LogP contribution in [-0.4, -0.2) is 48.8 Å². The number of aromatic nitrogens is 4. The summed E-state index contributed by atoms with van der Waals surface area (Å²) in [6.45, 7) is 7.06. The van der Waals surface area contributed by atoms with E-state index in [-0.39, 0.29) is 17.8 Å². The number of likely N-dealkylation sites (tertiary alicyclic amines) is 1. The highest BCUT2D eigenvalue weighted by molar-refractivity contribution is 5.92. The number of nitrogens with one attached hydrogen (secondary N) is 2. The monoisotopic (exact) mass is 461 g/mol. The zero-order valence-corrected chi connectivity index (χ0v) is 20.3. The van der Waals surface area contributed by atoms with Crippen molar-refractivity contribution in [3.8, 4) is 0 Å². The van der Waals surface area contributed by atoms with Gasteiger partial charge in [-0.05, 0) is 64.5 Å². The van der Waals surface area contributed by atoms with E-state index in [2.05, 4.69) is 51.7 Å². The molecule has 34 heavy (non-hydrogen) atoms. The molecule has 8 heteroatoms. The second-order valence-corrected chi connectivity index (χ2v) is 9.63. The Kier molecular flexibility index (Phi) is 7.36. The number of nitrogens with zero attached hydrogens (tertiary/aromatic N) is 4. The number of para-hydroxylation sites is 1. The maximum absolute atomic E-state index is 12.8. The molecule has 180 valence electrons. The summed E-state index contributed by atoms with van der Waals surface area (Å²) in [5.74, 6) is -0.155. The van der Waals surface area contributed by atoms with Gasteiger partial charge in [0.15, 0.2) is 0 Å². The van der Waals surface area contributed by atoms with Gasteiger partial charge in [0, 0.05) is 30.7 Å². The molecule has 3 unspecified atom stereocenters. The lowest BCUT2D eigenvalue weighted by Crippen LogP contribution is -2.48. The van der Waals surface area contributed by atoms with Gasteiger partial charge in [-0.2, -0.15) is 0 Å². The molecule has 1 aromatic carbocycles. The molecule has 2 aromatic heterocycles. The van der Waals surface area contributed by atoms with Crippen LogP contribution in [0.15, 0.2) is 35.4 Å². The van der Waals surface area contributed by atoms with E-state index in [1.807, 2.05) is 12.1 Å². The van der Waals surface area contributed by atoms with Crippen LogP contribution in [-0.2, 0) is 12.8 Å². The molecule has 3 atom stereocenters. The number of nitrogen functional groups attached to an aromatic ring is 1. The van der Waals surface area contributed by atoms with Crippen LogP contribution in [0.2, 0.25) is 0 Å². The van der Waals surface area contributed by atoms with Crippen molar-refractivity contribution in [3.05, 3.63) is 63.6 Å². The number of amidine groups is 1. The molecule has 0 bridgehead atoms. The van der Waals surface area contributed by atoms with E-state index < -0.39 is 0 Å². The van der Waals surface area contributed by atoms with Gasteiger partial charge in [0.1, 0.15) is 17.2 Å². The van der Waals surface area contributed by atoms with E-state index in [1.54, 1.807) is 6.20 Å². The summed E-state index contributed by atoms with van der Waals surface area (Å²) in [7, 11) is 0. The van der Waals surface area contributed by atoms with Crippen LogP contribution in [0, 0.1) is 5.41 Å². The van der Waals surface area contributed by atoms with Crippen LogP contribution in [0.4, 0.5) is 0 Å². The number of rotatable bonds is 8. The Labute approximate surface area is 200 Å². The maximum atomic E-state index is 12.8. The highest BCUT2D eigenvalue weighted by Crippen LogP contribution is 2.27. The predicted molar refractivity (Wildman–Crippen MR) is 135 cm³/mol. The average Bonchev–Trinajstić information content (AvgIpc) is 2.80. The normalized spacial score (nSPS) is 19.9. The van der Waals surface area contributed by atoms with Crippen LogP contribution in [0.1, 0.15) is 75.5 Å². The summed E-state index contributed by atoms with van der Waals surface area (Å²) < 4.78 is 0. The molecule has 8 nitrogen and oxygen atoms in total. The minimum Gasteiger partial charge on any atom is -0.382 e. The van der Waals surface area contributed by atoms with Crippen LogP contribution >= 0.6 is 0 Å². The van der Waals surface area contributed by atoms with Crippen molar-refractivity contribution in [2.24, 2.45) is 5.73 Å². The van der Waals surface area contributed by atoms with Gasteiger partial charge < -0.3 is 10.7 Å².